The third-order valence-electron chi connectivity index (χ3n) is 3.91. The lowest BCUT2D eigenvalue weighted by atomic mass is 10.1. The topological polar surface area (TPSA) is 161 Å². The van der Waals surface area contributed by atoms with Crippen molar-refractivity contribution in [3.8, 4) is 6.07 Å². The highest BCUT2D eigenvalue weighted by Crippen LogP contribution is 2.33. The van der Waals surface area contributed by atoms with E-state index < -0.39 is 30.8 Å². The number of nitrogens with one attached hydrogen (secondary N) is 2. The Labute approximate surface area is 136 Å². The van der Waals surface area contributed by atoms with Crippen LogP contribution in [0.5, 0.6) is 0 Å². The number of aliphatic hydroxyl groups excluding tert-OH is 3. The van der Waals surface area contributed by atoms with Crippen LogP contribution in [0.4, 0.5) is 5.82 Å². The number of hydrogen-bond acceptors (Lipinski definition) is 10. The first-order chi connectivity index (χ1) is 11.5. The van der Waals surface area contributed by atoms with E-state index in [1.807, 2.05) is 6.07 Å². The molecule has 1 aliphatic heterocycles. The van der Waals surface area contributed by atoms with Gasteiger partial charge in [0.25, 0.3) is 0 Å². The van der Waals surface area contributed by atoms with E-state index in [0.29, 0.717) is 11.3 Å². The van der Waals surface area contributed by atoms with Crippen LogP contribution in [-0.4, -0.2) is 73.5 Å². The molecule has 11 heteroatoms. The van der Waals surface area contributed by atoms with Crippen molar-refractivity contribution in [3.63, 3.8) is 0 Å². The minimum atomic E-state index is -1.31. The predicted octanol–water partition coefficient (Wildman–Crippen LogP) is -2.10. The summed E-state index contributed by atoms with van der Waals surface area (Å²) in [5.41, 5.74) is 0.654. The molecular weight excluding hydrogens is 318 g/mol. The number of imidazole rings is 1. The van der Waals surface area contributed by atoms with Gasteiger partial charge in [0.15, 0.2) is 23.2 Å². The molecular formula is C13H17N7O4. The second-order valence-electron chi connectivity index (χ2n) is 5.29. The van der Waals surface area contributed by atoms with Crippen molar-refractivity contribution in [2.75, 3.05) is 19.4 Å². The van der Waals surface area contributed by atoms with E-state index in [1.54, 1.807) is 7.05 Å². The number of anilines is 1. The van der Waals surface area contributed by atoms with Crippen LogP contribution < -0.4 is 10.6 Å². The second-order valence-corrected chi connectivity index (χ2v) is 5.29. The van der Waals surface area contributed by atoms with Crippen molar-refractivity contribution in [1.29, 1.82) is 5.26 Å². The molecule has 1 aliphatic rings. The molecule has 1 saturated heterocycles. The van der Waals surface area contributed by atoms with Crippen LogP contribution in [-0.2, 0) is 4.74 Å². The van der Waals surface area contributed by atoms with Crippen LogP contribution in [0.25, 0.3) is 11.2 Å². The molecule has 0 aliphatic carbocycles. The summed E-state index contributed by atoms with van der Waals surface area (Å²) in [6.07, 6.45) is -4.47. The SMILES string of the molecule is CNc1nc(C#N)nc2c1ncn2[C@@H]1O[C@H](C(O)NC)[C@@H](O)[C@H]1O. The molecule has 0 aromatic carbocycles. The van der Waals surface area contributed by atoms with Gasteiger partial charge >= 0.3 is 0 Å². The van der Waals surface area contributed by atoms with Gasteiger partial charge < -0.3 is 25.4 Å². The maximum atomic E-state index is 10.3. The molecule has 5 N–H and O–H groups in total. The summed E-state index contributed by atoms with van der Waals surface area (Å²) in [4.78, 5) is 12.3. The molecule has 5 atom stereocenters. The normalized spacial score (nSPS) is 28.0. The number of aromatic nitrogens is 4. The van der Waals surface area contributed by atoms with Crippen LogP contribution >= 0.6 is 0 Å². The molecule has 0 radical (unpaired) electrons. The van der Waals surface area contributed by atoms with Crippen molar-refractivity contribution < 1.29 is 20.1 Å². The third-order valence-corrected chi connectivity index (χ3v) is 3.91. The van der Waals surface area contributed by atoms with Gasteiger partial charge in [-0.1, -0.05) is 0 Å². The van der Waals surface area contributed by atoms with Crippen LogP contribution in [0, 0.1) is 11.3 Å². The maximum absolute atomic E-state index is 10.3. The Hall–Kier alpha value is -2.36. The zero-order valence-electron chi connectivity index (χ0n) is 13.0. The molecule has 11 nitrogen and oxygen atoms in total. The smallest absolute Gasteiger partial charge is 0.236 e. The fourth-order valence-corrected chi connectivity index (χ4v) is 2.67. The average molecular weight is 335 g/mol. The Bertz CT molecular complexity index is 788. The zero-order valence-corrected chi connectivity index (χ0v) is 13.0. The number of ether oxygens (including phenoxy) is 1. The largest absolute Gasteiger partial charge is 0.387 e. The van der Waals surface area contributed by atoms with E-state index in [9.17, 15) is 15.3 Å². The lowest BCUT2D eigenvalue weighted by Crippen LogP contribution is -2.45. The van der Waals surface area contributed by atoms with Crippen LogP contribution in [0.3, 0.4) is 0 Å². The van der Waals surface area contributed by atoms with Gasteiger partial charge in [0.2, 0.25) is 5.82 Å². The molecule has 1 fully saturated rings. The Balaban J connectivity index is 2.05. The lowest BCUT2D eigenvalue weighted by Gasteiger charge is -2.20. The van der Waals surface area contributed by atoms with E-state index >= 15 is 0 Å². The van der Waals surface area contributed by atoms with Crippen molar-refractivity contribution in [2.24, 2.45) is 0 Å². The van der Waals surface area contributed by atoms with Crippen LogP contribution in [0.2, 0.25) is 0 Å². The molecule has 1 unspecified atom stereocenters. The first-order valence-corrected chi connectivity index (χ1v) is 7.21. The summed E-state index contributed by atoms with van der Waals surface area (Å²) in [6, 6.07) is 1.85. The standard InChI is InChI=1S/C13H17N7O4/c1-15-10-6-11(19-5(3-14)18-10)20(4-17-6)13-8(22)7(21)9(24-13)12(23)16-2/h4,7-9,12-13,16,21-23H,1-2H3,(H,15,18,19)/t7-,8+,9-,12?,13+/m0/s1. The van der Waals surface area contributed by atoms with Gasteiger partial charge in [0, 0.05) is 7.05 Å². The molecule has 0 spiro atoms. The average Bonchev–Trinajstić information content (AvgIpc) is 3.15. The Morgan fingerprint density at radius 1 is 1.33 bits per heavy atom. The van der Waals surface area contributed by atoms with Crippen molar-refractivity contribution in [2.45, 2.75) is 30.8 Å². The number of nitrogens with zero attached hydrogens (tertiary/aromatic N) is 5. The number of likely N-dealkylation sites (N-methyl/N-ethyl adjacent to an activating group) is 1. The number of nitriles is 1. The Morgan fingerprint density at radius 3 is 2.71 bits per heavy atom. The number of fused-ring (bicyclic) bond motifs is 1. The van der Waals surface area contributed by atoms with Crippen LogP contribution in [0.1, 0.15) is 12.1 Å². The fraction of sp³-hybridized carbons (Fsp3) is 0.538. The summed E-state index contributed by atoms with van der Waals surface area (Å²) >= 11 is 0. The first kappa shape index (κ1) is 16.5. The zero-order chi connectivity index (χ0) is 17.4. The molecule has 2 aromatic rings. The van der Waals surface area contributed by atoms with Gasteiger partial charge in [-0.25, -0.2) is 4.98 Å². The van der Waals surface area contributed by atoms with Gasteiger partial charge in [-0.2, -0.15) is 15.2 Å². The molecule has 0 saturated carbocycles. The highest BCUT2D eigenvalue weighted by atomic mass is 16.6. The van der Waals surface area contributed by atoms with Crippen molar-refractivity contribution in [3.05, 3.63) is 12.2 Å². The van der Waals surface area contributed by atoms with Gasteiger partial charge in [-0.15, -0.1) is 0 Å². The summed E-state index contributed by atoms with van der Waals surface area (Å²) in [5, 5.41) is 44.6. The minimum Gasteiger partial charge on any atom is -0.387 e. The molecule has 24 heavy (non-hydrogen) atoms. The maximum Gasteiger partial charge on any atom is 0.236 e. The molecule has 0 bridgehead atoms. The van der Waals surface area contributed by atoms with Gasteiger partial charge in [-0.05, 0) is 7.05 Å². The van der Waals surface area contributed by atoms with E-state index in [1.165, 1.54) is 17.9 Å². The van der Waals surface area contributed by atoms with Gasteiger partial charge in [0.1, 0.15) is 30.6 Å². The highest BCUT2D eigenvalue weighted by molar-refractivity contribution is 5.83. The predicted molar refractivity (Wildman–Crippen MR) is 80.6 cm³/mol. The van der Waals surface area contributed by atoms with Crippen LogP contribution in [0.15, 0.2) is 6.33 Å². The molecule has 3 heterocycles. The van der Waals surface area contributed by atoms with Gasteiger partial charge in [-0.3, -0.25) is 9.88 Å². The van der Waals surface area contributed by atoms with E-state index in [4.69, 9.17) is 10.00 Å². The van der Waals surface area contributed by atoms with Crippen molar-refractivity contribution in [1.82, 2.24) is 24.8 Å². The summed E-state index contributed by atoms with van der Waals surface area (Å²) in [7, 11) is 3.13. The summed E-state index contributed by atoms with van der Waals surface area (Å²) in [6.45, 7) is 0. The second kappa shape index (κ2) is 6.27. The molecule has 0 amide bonds. The molecule has 128 valence electrons. The third kappa shape index (κ3) is 2.46. The molecule has 3 rings (SSSR count). The number of rotatable bonds is 4. The van der Waals surface area contributed by atoms with E-state index in [0.717, 1.165) is 0 Å². The summed E-state index contributed by atoms with van der Waals surface area (Å²) in [5.74, 6) is 0.281. The summed E-state index contributed by atoms with van der Waals surface area (Å²) < 4.78 is 6.98. The highest BCUT2D eigenvalue weighted by Gasteiger charge is 2.47. The fourth-order valence-electron chi connectivity index (χ4n) is 2.67. The Morgan fingerprint density at radius 2 is 2.08 bits per heavy atom. The number of aliphatic hydroxyl groups is 3. The monoisotopic (exact) mass is 335 g/mol. The van der Waals surface area contributed by atoms with Crippen molar-refractivity contribution >= 4 is 17.0 Å². The minimum absolute atomic E-state index is 0.0755. The number of hydrogen-bond donors (Lipinski definition) is 5. The quantitative estimate of drug-likeness (QED) is 0.391. The van der Waals surface area contributed by atoms with E-state index in [-0.39, 0.29) is 11.5 Å². The Kier molecular flexibility index (Phi) is 4.31. The van der Waals surface area contributed by atoms with Gasteiger partial charge in [0.05, 0.1) is 6.33 Å². The first-order valence-electron chi connectivity index (χ1n) is 7.21. The molecule has 2 aromatic heterocycles. The lowest BCUT2D eigenvalue weighted by molar-refractivity contribution is -0.0911. The van der Waals surface area contributed by atoms with E-state index in [2.05, 4.69) is 25.6 Å².